The number of aryl methyl sites for hydroxylation is 1. The molecule has 1 aromatic heterocycles. The highest BCUT2D eigenvalue weighted by Gasteiger charge is 2.16. The average molecular weight is 386 g/mol. The molecule has 0 saturated carbocycles. The smallest absolute Gasteiger partial charge is 0.111 e. The molecule has 2 nitrogen and oxygen atoms in total. The molecule has 0 unspecified atom stereocenters. The lowest BCUT2D eigenvalue weighted by Crippen LogP contribution is -1.92. The molecule has 1 heterocycles. The lowest BCUT2D eigenvalue weighted by atomic mass is 10.1. The number of nitrogens with zero attached hydrogens (tertiary/aromatic N) is 1. The maximum atomic E-state index is 6.27. The molecule has 0 aliphatic heterocycles. The van der Waals surface area contributed by atoms with E-state index >= 15 is 0 Å². The summed E-state index contributed by atoms with van der Waals surface area (Å²) in [5.74, 6) is 0.776. The van der Waals surface area contributed by atoms with E-state index in [-0.39, 0.29) is 0 Å². The Bertz CT molecular complexity index is 851. The van der Waals surface area contributed by atoms with Crippen LogP contribution in [0.2, 0.25) is 20.1 Å². The summed E-state index contributed by atoms with van der Waals surface area (Å²) in [6.07, 6.45) is 0.544. The minimum Gasteiger partial charge on any atom is -0.345 e. The van der Waals surface area contributed by atoms with E-state index in [0.29, 0.717) is 26.5 Å². The fraction of sp³-hybridized carbons (Fsp3) is 0.118. The number of H-pyrrole nitrogens is 1. The Labute approximate surface area is 154 Å². The van der Waals surface area contributed by atoms with Gasteiger partial charge in [-0.2, -0.15) is 0 Å². The highest BCUT2D eigenvalue weighted by Crippen LogP contribution is 2.35. The van der Waals surface area contributed by atoms with Gasteiger partial charge in [0.15, 0.2) is 0 Å². The first-order valence-electron chi connectivity index (χ1n) is 6.89. The molecular weight excluding hydrogens is 374 g/mol. The second-order valence-electron chi connectivity index (χ2n) is 5.17. The molecular formula is C17H12Cl4N2. The number of hydrogen-bond donors (Lipinski definition) is 1. The highest BCUT2D eigenvalue weighted by molar-refractivity contribution is 6.39. The molecule has 0 spiro atoms. The molecule has 3 rings (SSSR count). The van der Waals surface area contributed by atoms with E-state index in [1.807, 2.05) is 19.1 Å². The first-order chi connectivity index (χ1) is 11.0. The Kier molecular flexibility index (Phi) is 4.88. The molecule has 3 aromatic rings. The number of halogens is 4. The van der Waals surface area contributed by atoms with Crippen LogP contribution in [0.5, 0.6) is 0 Å². The monoisotopic (exact) mass is 384 g/mol. The predicted molar refractivity (Wildman–Crippen MR) is 98.0 cm³/mol. The van der Waals surface area contributed by atoms with Crippen LogP contribution in [0.1, 0.15) is 17.1 Å². The van der Waals surface area contributed by atoms with Crippen molar-refractivity contribution in [3.63, 3.8) is 0 Å². The molecule has 0 aliphatic rings. The third-order valence-electron chi connectivity index (χ3n) is 3.50. The summed E-state index contributed by atoms with van der Waals surface area (Å²) in [5.41, 5.74) is 3.28. The average Bonchev–Trinajstić information content (AvgIpc) is 2.83. The minimum absolute atomic E-state index is 0.544. The molecule has 0 atom stereocenters. The van der Waals surface area contributed by atoms with Crippen molar-refractivity contribution in [2.45, 2.75) is 13.3 Å². The van der Waals surface area contributed by atoms with E-state index in [9.17, 15) is 0 Å². The van der Waals surface area contributed by atoms with Gasteiger partial charge in [0.25, 0.3) is 0 Å². The van der Waals surface area contributed by atoms with Crippen LogP contribution in [0.4, 0.5) is 0 Å². The van der Waals surface area contributed by atoms with E-state index in [1.54, 1.807) is 24.3 Å². The van der Waals surface area contributed by atoms with Gasteiger partial charge in [-0.1, -0.05) is 52.5 Å². The van der Waals surface area contributed by atoms with Crippen LogP contribution in [-0.4, -0.2) is 9.97 Å². The third-order valence-corrected chi connectivity index (χ3v) is 4.73. The van der Waals surface area contributed by atoms with Crippen molar-refractivity contribution >= 4 is 46.4 Å². The van der Waals surface area contributed by atoms with Crippen LogP contribution in [0.15, 0.2) is 36.4 Å². The number of aromatic amines is 1. The molecule has 0 aliphatic carbocycles. The second-order valence-corrected chi connectivity index (χ2v) is 6.82. The molecule has 0 fully saturated rings. The number of aromatic nitrogens is 2. The van der Waals surface area contributed by atoms with Crippen LogP contribution < -0.4 is 0 Å². The fourth-order valence-corrected chi connectivity index (χ4v) is 3.39. The number of hydrogen-bond acceptors (Lipinski definition) is 1. The summed E-state index contributed by atoms with van der Waals surface area (Å²) in [5, 5.41) is 2.43. The number of nitrogens with one attached hydrogen (secondary N) is 1. The predicted octanol–water partition coefficient (Wildman–Crippen LogP) is 6.59. The standard InChI is InChI=1S/C17H12Cl4N2/c1-9-17(16-13(20)3-2-4-14(16)21)23-15(22-9)8-10-7-11(18)5-6-12(10)19/h2-7H,8H2,1H3,(H,22,23). The Morgan fingerprint density at radius 2 is 1.65 bits per heavy atom. The summed E-state index contributed by atoms with van der Waals surface area (Å²) in [6.45, 7) is 1.94. The normalized spacial score (nSPS) is 11.0. The summed E-state index contributed by atoms with van der Waals surface area (Å²) in [4.78, 5) is 7.90. The van der Waals surface area contributed by atoms with Crippen molar-refractivity contribution in [1.29, 1.82) is 0 Å². The summed E-state index contributed by atoms with van der Waals surface area (Å²) in [7, 11) is 0. The second kappa shape index (κ2) is 6.74. The molecule has 2 aromatic carbocycles. The van der Waals surface area contributed by atoms with Crippen molar-refractivity contribution in [3.8, 4) is 11.3 Å². The Morgan fingerprint density at radius 1 is 0.957 bits per heavy atom. The van der Waals surface area contributed by atoms with Crippen molar-refractivity contribution in [2.24, 2.45) is 0 Å². The quantitative estimate of drug-likeness (QED) is 0.541. The van der Waals surface area contributed by atoms with Crippen molar-refractivity contribution in [1.82, 2.24) is 9.97 Å². The van der Waals surface area contributed by atoms with Gasteiger partial charge in [-0.3, -0.25) is 0 Å². The topological polar surface area (TPSA) is 28.7 Å². The zero-order valence-electron chi connectivity index (χ0n) is 12.1. The van der Waals surface area contributed by atoms with E-state index < -0.39 is 0 Å². The van der Waals surface area contributed by atoms with E-state index in [1.165, 1.54) is 0 Å². The van der Waals surface area contributed by atoms with Gasteiger partial charge in [0, 0.05) is 27.7 Å². The van der Waals surface area contributed by atoms with E-state index in [4.69, 9.17) is 46.4 Å². The summed E-state index contributed by atoms with van der Waals surface area (Å²) in [6, 6.07) is 10.8. The van der Waals surface area contributed by atoms with Gasteiger partial charge in [0.05, 0.1) is 15.7 Å². The molecule has 0 bridgehead atoms. The zero-order chi connectivity index (χ0) is 16.6. The highest BCUT2D eigenvalue weighted by atomic mass is 35.5. The lowest BCUT2D eigenvalue weighted by Gasteiger charge is -2.04. The Hall–Kier alpha value is -1.19. The van der Waals surface area contributed by atoms with Gasteiger partial charge in [-0.05, 0) is 42.8 Å². The Morgan fingerprint density at radius 3 is 2.35 bits per heavy atom. The summed E-state index contributed by atoms with van der Waals surface area (Å²) < 4.78 is 0. The van der Waals surface area contributed by atoms with Gasteiger partial charge >= 0.3 is 0 Å². The third kappa shape index (κ3) is 3.51. The van der Waals surface area contributed by atoms with E-state index in [2.05, 4.69) is 9.97 Å². The largest absolute Gasteiger partial charge is 0.345 e. The minimum atomic E-state index is 0.544. The number of rotatable bonds is 3. The molecule has 23 heavy (non-hydrogen) atoms. The molecule has 0 saturated heterocycles. The van der Waals surface area contributed by atoms with Crippen LogP contribution in [0, 0.1) is 6.92 Å². The van der Waals surface area contributed by atoms with Crippen molar-refractivity contribution < 1.29 is 0 Å². The molecule has 1 N–H and O–H groups in total. The molecule has 0 radical (unpaired) electrons. The maximum Gasteiger partial charge on any atom is 0.111 e. The number of benzene rings is 2. The van der Waals surface area contributed by atoms with Crippen LogP contribution in [0.25, 0.3) is 11.3 Å². The van der Waals surface area contributed by atoms with Gasteiger partial charge in [0.1, 0.15) is 5.82 Å². The van der Waals surface area contributed by atoms with Gasteiger partial charge in [-0.15, -0.1) is 0 Å². The molecule has 6 heteroatoms. The van der Waals surface area contributed by atoms with Gasteiger partial charge in [-0.25, -0.2) is 4.98 Å². The Balaban J connectivity index is 2.00. The fourth-order valence-electron chi connectivity index (χ4n) is 2.43. The molecule has 118 valence electrons. The number of imidazole rings is 1. The first kappa shape index (κ1) is 16.7. The van der Waals surface area contributed by atoms with Gasteiger partial charge < -0.3 is 4.98 Å². The van der Waals surface area contributed by atoms with Crippen molar-refractivity contribution in [2.75, 3.05) is 0 Å². The van der Waals surface area contributed by atoms with Gasteiger partial charge in [0.2, 0.25) is 0 Å². The van der Waals surface area contributed by atoms with Crippen molar-refractivity contribution in [3.05, 3.63) is 73.6 Å². The van der Waals surface area contributed by atoms with Crippen LogP contribution in [-0.2, 0) is 6.42 Å². The summed E-state index contributed by atoms with van der Waals surface area (Å²) >= 11 is 24.8. The lowest BCUT2D eigenvalue weighted by molar-refractivity contribution is 1.02. The molecule has 0 amide bonds. The maximum absolute atomic E-state index is 6.27. The zero-order valence-corrected chi connectivity index (χ0v) is 15.2. The van der Waals surface area contributed by atoms with Crippen LogP contribution >= 0.6 is 46.4 Å². The first-order valence-corrected chi connectivity index (χ1v) is 8.40. The SMILES string of the molecule is Cc1[nH]c(Cc2cc(Cl)ccc2Cl)nc1-c1c(Cl)cccc1Cl. The van der Waals surface area contributed by atoms with E-state index in [0.717, 1.165) is 28.3 Å². The van der Waals surface area contributed by atoms with Crippen LogP contribution in [0.3, 0.4) is 0 Å².